The summed E-state index contributed by atoms with van der Waals surface area (Å²) in [4.78, 5) is 16.4. The molecule has 1 atom stereocenters. The number of piperazine rings is 1. The summed E-state index contributed by atoms with van der Waals surface area (Å²) in [5.41, 5.74) is 5.79. The average Bonchev–Trinajstić information content (AvgIpc) is 2.38. The van der Waals surface area contributed by atoms with Crippen LogP contribution < -0.4 is 11.1 Å². The van der Waals surface area contributed by atoms with Crippen molar-refractivity contribution in [3.8, 4) is 0 Å². The van der Waals surface area contributed by atoms with Crippen LogP contribution in [0.15, 0.2) is 0 Å². The Bertz CT molecular complexity index is 258. The van der Waals surface area contributed by atoms with E-state index in [0.29, 0.717) is 12.5 Å². The Hall–Kier alpha value is -0.650. The molecule has 0 aromatic heterocycles. The highest BCUT2D eigenvalue weighted by atomic mass is 16.1. The van der Waals surface area contributed by atoms with Crippen LogP contribution in [-0.2, 0) is 4.79 Å². The van der Waals surface area contributed by atoms with E-state index in [-0.39, 0.29) is 11.9 Å². The molecule has 0 aliphatic carbocycles. The predicted molar refractivity (Wildman–Crippen MR) is 79.0 cm³/mol. The minimum absolute atomic E-state index is 0.158. The first-order chi connectivity index (χ1) is 9.06. The molecule has 5 heteroatoms. The van der Waals surface area contributed by atoms with E-state index in [1.165, 1.54) is 0 Å². The Balaban J connectivity index is 2.21. The third-order valence-corrected chi connectivity index (χ3v) is 3.77. The molecule has 112 valence electrons. The smallest absolute Gasteiger partial charge is 0.221 e. The van der Waals surface area contributed by atoms with Gasteiger partial charge in [0, 0.05) is 57.8 Å². The van der Waals surface area contributed by atoms with Crippen LogP contribution in [0.2, 0.25) is 0 Å². The molecule has 1 fully saturated rings. The van der Waals surface area contributed by atoms with Crippen molar-refractivity contribution in [2.45, 2.75) is 45.7 Å². The number of hydrogen-bond donors (Lipinski definition) is 2. The quantitative estimate of drug-likeness (QED) is 0.696. The number of carbonyl (C=O) groups excluding carboxylic acids is 1. The second-order valence-electron chi connectivity index (χ2n) is 5.65. The van der Waals surface area contributed by atoms with E-state index in [4.69, 9.17) is 5.73 Å². The van der Waals surface area contributed by atoms with Gasteiger partial charge in [0.1, 0.15) is 0 Å². The maximum absolute atomic E-state index is 11.6. The molecule has 0 saturated carbocycles. The second-order valence-corrected chi connectivity index (χ2v) is 5.65. The average molecular weight is 270 g/mol. The summed E-state index contributed by atoms with van der Waals surface area (Å²) in [6.07, 6.45) is 1.72. The summed E-state index contributed by atoms with van der Waals surface area (Å²) in [5, 5.41) is 2.94. The number of amides is 1. The molecule has 0 bridgehead atoms. The first-order valence-electron chi connectivity index (χ1n) is 7.52. The lowest BCUT2D eigenvalue weighted by molar-refractivity contribution is -0.122. The van der Waals surface area contributed by atoms with Crippen LogP contribution in [-0.4, -0.2) is 67.1 Å². The van der Waals surface area contributed by atoms with Crippen LogP contribution in [0.1, 0.15) is 33.6 Å². The van der Waals surface area contributed by atoms with Crippen LogP contribution in [0.5, 0.6) is 0 Å². The van der Waals surface area contributed by atoms with Gasteiger partial charge in [0.2, 0.25) is 5.91 Å². The van der Waals surface area contributed by atoms with Gasteiger partial charge in [-0.1, -0.05) is 6.92 Å². The monoisotopic (exact) mass is 270 g/mol. The van der Waals surface area contributed by atoms with Gasteiger partial charge in [-0.2, -0.15) is 0 Å². The lowest BCUT2D eigenvalue weighted by atomic mass is 10.1. The van der Waals surface area contributed by atoms with Crippen LogP contribution in [0.3, 0.4) is 0 Å². The van der Waals surface area contributed by atoms with Gasteiger partial charge in [0.25, 0.3) is 0 Å². The van der Waals surface area contributed by atoms with Gasteiger partial charge in [-0.3, -0.25) is 9.69 Å². The van der Waals surface area contributed by atoms with Gasteiger partial charge in [0.15, 0.2) is 0 Å². The van der Waals surface area contributed by atoms with Crippen LogP contribution in [0, 0.1) is 0 Å². The Kier molecular flexibility index (Phi) is 7.34. The molecular formula is C14H30N4O. The summed E-state index contributed by atoms with van der Waals surface area (Å²) < 4.78 is 0. The molecule has 1 unspecified atom stereocenters. The zero-order valence-electron chi connectivity index (χ0n) is 12.7. The number of rotatable bonds is 7. The molecule has 1 saturated heterocycles. The molecule has 0 spiro atoms. The molecule has 19 heavy (non-hydrogen) atoms. The van der Waals surface area contributed by atoms with Crippen LogP contribution >= 0.6 is 0 Å². The first kappa shape index (κ1) is 16.4. The number of nitrogens with one attached hydrogen (secondary N) is 1. The molecule has 0 radical (unpaired) electrons. The second kappa shape index (κ2) is 8.51. The summed E-state index contributed by atoms with van der Waals surface area (Å²) >= 11 is 0. The van der Waals surface area contributed by atoms with Crippen molar-refractivity contribution in [2.24, 2.45) is 5.73 Å². The third-order valence-electron chi connectivity index (χ3n) is 3.77. The van der Waals surface area contributed by atoms with E-state index in [1.807, 2.05) is 13.8 Å². The highest BCUT2D eigenvalue weighted by molar-refractivity contribution is 5.76. The van der Waals surface area contributed by atoms with E-state index in [9.17, 15) is 4.79 Å². The van der Waals surface area contributed by atoms with E-state index in [1.54, 1.807) is 0 Å². The molecular weight excluding hydrogens is 240 g/mol. The van der Waals surface area contributed by atoms with E-state index >= 15 is 0 Å². The molecule has 1 amide bonds. The van der Waals surface area contributed by atoms with Crippen molar-refractivity contribution in [3.05, 3.63) is 0 Å². The van der Waals surface area contributed by atoms with Crippen molar-refractivity contribution in [3.63, 3.8) is 0 Å². The minimum atomic E-state index is 0.158. The molecule has 0 aromatic carbocycles. The van der Waals surface area contributed by atoms with E-state index < -0.39 is 0 Å². The minimum Gasteiger partial charge on any atom is -0.354 e. The molecule has 1 heterocycles. The summed E-state index contributed by atoms with van der Waals surface area (Å²) in [7, 11) is 0. The lowest BCUT2D eigenvalue weighted by Gasteiger charge is -2.38. The topological polar surface area (TPSA) is 61.6 Å². The van der Waals surface area contributed by atoms with Crippen molar-refractivity contribution >= 4 is 5.91 Å². The number of nitrogens with two attached hydrogens (primary N) is 1. The van der Waals surface area contributed by atoms with Crippen molar-refractivity contribution in [1.29, 1.82) is 0 Å². The summed E-state index contributed by atoms with van der Waals surface area (Å²) in [5.74, 6) is 0.158. The van der Waals surface area contributed by atoms with Crippen molar-refractivity contribution in [1.82, 2.24) is 15.1 Å². The Morgan fingerprint density at radius 3 is 2.37 bits per heavy atom. The molecule has 5 nitrogen and oxygen atoms in total. The number of nitrogens with zero attached hydrogens (tertiary/aromatic N) is 2. The maximum Gasteiger partial charge on any atom is 0.221 e. The standard InChI is InChI=1S/C14H30N4O/c1-4-13(11-15)18-9-7-17(8-10-18)6-5-14(19)16-12(2)3/h12-13H,4-11,15H2,1-3H3,(H,16,19). The van der Waals surface area contributed by atoms with Gasteiger partial charge in [-0.25, -0.2) is 0 Å². The fourth-order valence-electron chi connectivity index (χ4n) is 2.58. The SMILES string of the molecule is CCC(CN)N1CCN(CCC(=O)NC(C)C)CC1. The van der Waals surface area contributed by atoms with Gasteiger partial charge in [-0.15, -0.1) is 0 Å². The normalized spacial score (nSPS) is 19.6. The Labute approximate surface area is 117 Å². The predicted octanol–water partition coefficient (Wildman–Crippen LogP) is 0.256. The third kappa shape index (κ3) is 5.89. The maximum atomic E-state index is 11.6. The molecule has 0 aromatic rings. The van der Waals surface area contributed by atoms with Crippen LogP contribution in [0.4, 0.5) is 0 Å². The van der Waals surface area contributed by atoms with E-state index in [0.717, 1.165) is 45.7 Å². The summed E-state index contributed by atoms with van der Waals surface area (Å²) in [6.45, 7) is 12.0. The zero-order chi connectivity index (χ0) is 14.3. The van der Waals surface area contributed by atoms with Crippen LogP contribution in [0.25, 0.3) is 0 Å². The largest absolute Gasteiger partial charge is 0.354 e. The molecule has 1 aliphatic rings. The number of carbonyl (C=O) groups is 1. The Morgan fingerprint density at radius 2 is 1.89 bits per heavy atom. The highest BCUT2D eigenvalue weighted by Gasteiger charge is 2.21. The fourth-order valence-corrected chi connectivity index (χ4v) is 2.58. The van der Waals surface area contributed by atoms with Crippen molar-refractivity contribution < 1.29 is 4.79 Å². The molecule has 1 rings (SSSR count). The van der Waals surface area contributed by atoms with Crippen molar-refractivity contribution in [2.75, 3.05) is 39.3 Å². The first-order valence-corrected chi connectivity index (χ1v) is 7.52. The number of hydrogen-bond acceptors (Lipinski definition) is 4. The lowest BCUT2D eigenvalue weighted by Crippen LogP contribution is -2.52. The van der Waals surface area contributed by atoms with Gasteiger partial charge < -0.3 is 16.0 Å². The Morgan fingerprint density at radius 1 is 1.26 bits per heavy atom. The zero-order valence-corrected chi connectivity index (χ0v) is 12.7. The van der Waals surface area contributed by atoms with Gasteiger partial charge in [0.05, 0.1) is 0 Å². The van der Waals surface area contributed by atoms with Gasteiger partial charge in [-0.05, 0) is 20.3 Å². The van der Waals surface area contributed by atoms with E-state index in [2.05, 4.69) is 22.0 Å². The van der Waals surface area contributed by atoms with Gasteiger partial charge >= 0.3 is 0 Å². The summed E-state index contributed by atoms with van der Waals surface area (Å²) in [6, 6.07) is 0.755. The molecule has 3 N–H and O–H groups in total. The molecule has 1 aliphatic heterocycles. The fraction of sp³-hybridized carbons (Fsp3) is 0.929. The highest BCUT2D eigenvalue weighted by Crippen LogP contribution is 2.08.